The van der Waals surface area contributed by atoms with E-state index in [2.05, 4.69) is 0 Å². The smallest absolute Gasteiger partial charge is 0.325 e. The van der Waals surface area contributed by atoms with Crippen molar-refractivity contribution in [2.45, 2.75) is 20.0 Å². The van der Waals surface area contributed by atoms with Gasteiger partial charge in [-0.05, 0) is 13.8 Å². The van der Waals surface area contributed by atoms with Crippen molar-refractivity contribution in [1.29, 1.82) is 5.41 Å². The average molecular weight is 173 g/mol. The van der Waals surface area contributed by atoms with Gasteiger partial charge in [-0.25, -0.2) is 0 Å². The first-order valence-corrected chi connectivity index (χ1v) is 3.68. The van der Waals surface area contributed by atoms with Crippen LogP contribution < -0.4 is 5.73 Å². The molecule has 0 aromatic heterocycles. The number of nitrogens with one attached hydrogen (secondary N) is 1. The number of carbonyl (C=O) groups excluding carboxylic acids is 1. The Morgan fingerprint density at radius 1 is 1.67 bits per heavy atom. The Morgan fingerprint density at radius 2 is 2.17 bits per heavy atom. The molecule has 0 radical (unpaired) electrons. The van der Waals surface area contributed by atoms with E-state index in [-0.39, 0.29) is 24.6 Å². The van der Waals surface area contributed by atoms with Crippen molar-refractivity contribution in [3.8, 4) is 0 Å². The van der Waals surface area contributed by atoms with Gasteiger partial charge in [-0.1, -0.05) is 0 Å². The summed E-state index contributed by atoms with van der Waals surface area (Å²) in [6.45, 7) is 3.56. The van der Waals surface area contributed by atoms with E-state index in [0.717, 1.165) is 0 Å². The number of guanidine groups is 1. The first-order chi connectivity index (χ1) is 5.43. The molecule has 0 aliphatic heterocycles. The number of rotatable bonds is 3. The molecule has 3 N–H and O–H groups in total. The van der Waals surface area contributed by atoms with Gasteiger partial charge in [-0.3, -0.25) is 10.2 Å². The number of carbonyl (C=O) groups is 1. The second kappa shape index (κ2) is 4.58. The van der Waals surface area contributed by atoms with E-state index in [1.807, 2.05) is 0 Å². The molecule has 5 heteroatoms. The van der Waals surface area contributed by atoms with E-state index in [0.29, 0.717) is 0 Å². The van der Waals surface area contributed by atoms with Crippen molar-refractivity contribution >= 4 is 11.9 Å². The molecular formula is C7H15N3O2. The van der Waals surface area contributed by atoms with Gasteiger partial charge < -0.3 is 15.4 Å². The van der Waals surface area contributed by atoms with Crippen LogP contribution in [0.5, 0.6) is 0 Å². The zero-order chi connectivity index (χ0) is 9.72. The number of ether oxygens (including phenoxy) is 1. The van der Waals surface area contributed by atoms with Gasteiger partial charge in [0.25, 0.3) is 0 Å². The first-order valence-electron chi connectivity index (χ1n) is 3.68. The monoisotopic (exact) mass is 173 g/mol. The van der Waals surface area contributed by atoms with E-state index in [9.17, 15) is 4.79 Å². The predicted octanol–water partition coefficient (Wildman–Crippen LogP) is -0.237. The second-order valence-corrected chi connectivity index (χ2v) is 2.78. The highest BCUT2D eigenvalue weighted by Gasteiger charge is 2.09. The lowest BCUT2D eigenvalue weighted by atomic mass is 10.5. The van der Waals surface area contributed by atoms with Crippen LogP contribution in [0.1, 0.15) is 13.8 Å². The van der Waals surface area contributed by atoms with Crippen LogP contribution in [0.4, 0.5) is 0 Å². The molecular weight excluding hydrogens is 158 g/mol. The van der Waals surface area contributed by atoms with Crippen LogP contribution in [0.15, 0.2) is 0 Å². The summed E-state index contributed by atoms with van der Waals surface area (Å²) < 4.78 is 4.84. The topological polar surface area (TPSA) is 79.4 Å². The molecule has 0 aromatic rings. The van der Waals surface area contributed by atoms with E-state index in [4.69, 9.17) is 15.9 Å². The Morgan fingerprint density at radius 3 is 2.50 bits per heavy atom. The maximum Gasteiger partial charge on any atom is 0.325 e. The molecule has 0 unspecified atom stereocenters. The van der Waals surface area contributed by atoms with E-state index >= 15 is 0 Å². The van der Waals surface area contributed by atoms with Gasteiger partial charge in [-0.2, -0.15) is 0 Å². The highest BCUT2D eigenvalue weighted by molar-refractivity contribution is 5.80. The third-order valence-electron chi connectivity index (χ3n) is 1.14. The minimum Gasteiger partial charge on any atom is -0.462 e. The first kappa shape index (κ1) is 10.7. The third kappa shape index (κ3) is 4.54. The molecule has 5 nitrogen and oxygen atoms in total. The van der Waals surface area contributed by atoms with Gasteiger partial charge in [0.2, 0.25) is 0 Å². The molecule has 70 valence electrons. The summed E-state index contributed by atoms with van der Waals surface area (Å²) in [6, 6.07) is 0. The molecule has 0 heterocycles. The Balaban J connectivity index is 3.77. The van der Waals surface area contributed by atoms with Crippen molar-refractivity contribution in [2.75, 3.05) is 13.6 Å². The summed E-state index contributed by atoms with van der Waals surface area (Å²) in [4.78, 5) is 12.3. The van der Waals surface area contributed by atoms with Crippen molar-refractivity contribution in [2.24, 2.45) is 5.73 Å². The van der Waals surface area contributed by atoms with Crippen LogP contribution in [0.3, 0.4) is 0 Å². The molecule has 0 spiro atoms. The van der Waals surface area contributed by atoms with Crippen molar-refractivity contribution in [3.05, 3.63) is 0 Å². The van der Waals surface area contributed by atoms with Crippen molar-refractivity contribution in [1.82, 2.24) is 4.90 Å². The molecule has 0 rings (SSSR count). The average Bonchev–Trinajstić information content (AvgIpc) is 1.84. The largest absolute Gasteiger partial charge is 0.462 e. The van der Waals surface area contributed by atoms with Gasteiger partial charge in [0.05, 0.1) is 6.10 Å². The molecule has 0 bridgehead atoms. The molecule has 0 fully saturated rings. The Bertz CT molecular complexity index is 179. The van der Waals surface area contributed by atoms with Crippen LogP contribution >= 0.6 is 0 Å². The lowest BCUT2D eigenvalue weighted by Gasteiger charge is -2.16. The minimum atomic E-state index is -0.372. The van der Waals surface area contributed by atoms with Gasteiger partial charge in [-0.15, -0.1) is 0 Å². The van der Waals surface area contributed by atoms with Crippen LogP contribution in [0.25, 0.3) is 0 Å². The number of nitrogens with zero attached hydrogens (tertiary/aromatic N) is 1. The van der Waals surface area contributed by atoms with E-state index in [1.54, 1.807) is 20.9 Å². The van der Waals surface area contributed by atoms with Crippen LogP contribution in [-0.4, -0.2) is 36.5 Å². The minimum absolute atomic E-state index is 0.0213. The zero-order valence-electron chi connectivity index (χ0n) is 7.63. The third-order valence-corrected chi connectivity index (χ3v) is 1.14. The number of hydrogen-bond donors (Lipinski definition) is 2. The summed E-state index contributed by atoms with van der Waals surface area (Å²) in [7, 11) is 1.56. The van der Waals surface area contributed by atoms with Crippen molar-refractivity contribution < 1.29 is 9.53 Å². The summed E-state index contributed by atoms with van der Waals surface area (Å²) in [5.41, 5.74) is 5.12. The second-order valence-electron chi connectivity index (χ2n) is 2.78. The van der Waals surface area contributed by atoms with Gasteiger partial charge in [0.1, 0.15) is 6.54 Å². The lowest BCUT2D eigenvalue weighted by Crippen LogP contribution is -2.37. The van der Waals surface area contributed by atoms with Gasteiger partial charge in [0.15, 0.2) is 5.96 Å². The quantitative estimate of drug-likeness (QED) is 0.351. The van der Waals surface area contributed by atoms with Crippen LogP contribution in [-0.2, 0) is 9.53 Å². The van der Waals surface area contributed by atoms with E-state index < -0.39 is 0 Å². The normalized spacial score (nSPS) is 9.67. The number of hydrogen-bond acceptors (Lipinski definition) is 3. The summed E-state index contributed by atoms with van der Waals surface area (Å²) in [6.07, 6.45) is -0.127. The van der Waals surface area contributed by atoms with E-state index in [1.165, 1.54) is 4.90 Å². The highest BCUT2D eigenvalue weighted by Crippen LogP contribution is 1.90. The molecule has 0 aromatic carbocycles. The van der Waals surface area contributed by atoms with Crippen LogP contribution in [0, 0.1) is 5.41 Å². The van der Waals surface area contributed by atoms with Gasteiger partial charge >= 0.3 is 5.97 Å². The fourth-order valence-corrected chi connectivity index (χ4v) is 0.579. The molecule has 0 saturated heterocycles. The van der Waals surface area contributed by atoms with Crippen molar-refractivity contribution in [3.63, 3.8) is 0 Å². The summed E-state index contributed by atoms with van der Waals surface area (Å²) in [5, 5.41) is 6.97. The van der Waals surface area contributed by atoms with Gasteiger partial charge in [0, 0.05) is 7.05 Å². The predicted molar refractivity (Wildman–Crippen MR) is 45.8 cm³/mol. The maximum atomic E-state index is 11.0. The standard InChI is InChI=1S/C7H15N3O2/c1-5(2)12-6(11)4-10(3)7(8)9/h5H,4H2,1-3H3,(H3,8,9). The maximum absolute atomic E-state index is 11.0. The zero-order valence-corrected chi connectivity index (χ0v) is 7.63. The molecule has 0 aliphatic rings. The SMILES string of the molecule is CC(C)OC(=O)CN(C)C(=N)N. The number of nitrogens with two attached hydrogens (primary N) is 1. The number of esters is 1. The Kier molecular flexibility index (Phi) is 4.10. The highest BCUT2D eigenvalue weighted by atomic mass is 16.5. The Hall–Kier alpha value is -1.26. The molecule has 12 heavy (non-hydrogen) atoms. The summed E-state index contributed by atoms with van der Waals surface area (Å²) >= 11 is 0. The molecule has 0 atom stereocenters. The summed E-state index contributed by atoms with van der Waals surface area (Å²) in [5.74, 6) is -0.515. The fraction of sp³-hybridized carbons (Fsp3) is 0.714. The Labute approximate surface area is 72.0 Å². The lowest BCUT2D eigenvalue weighted by molar-refractivity contribution is -0.147. The fourth-order valence-electron chi connectivity index (χ4n) is 0.579. The number of likely N-dealkylation sites (N-methyl/N-ethyl adjacent to an activating group) is 1. The molecule has 0 aliphatic carbocycles. The van der Waals surface area contributed by atoms with Crippen LogP contribution in [0.2, 0.25) is 0 Å². The molecule has 0 saturated carbocycles. The molecule has 0 amide bonds.